The van der Waals surface area contributed by atoms with Crippen LogP contribution in [0.4, 0.5) is 0 Å². The van der Waals surface area contributed by atoms with E-state index in [0.29, 0.717) is 0 Å². The van der Waals surface area contributed by atoms with Gasteiger partial charge in [-0.1, -0.05) is 78.9 Å². The molecular formula is C40H26N4. The molecular weight excluding hydrogens is 536 g/mol. The summed E-state index contributed by atoms with van der Waals surface area (Å²) in [5, 5.41) is 4.69. The summed E-state index contributed by atoms with van der Waals surface area (Å²) in [6, 6.07) is 49.4. The van der Waals surface area contributed by atoms with E-state index in [4.69, 9.17) is 4.98 Å². The Balaban J connectivity index is 1.32. The predicted molar refractivity (Wildman–Crippen MR) is 182 cm³/mol. The summed E-state index contributed by atoms with van der Waals surface area (Å²) in [6.07, 6.45) is 5.91. The molecule has 0 radical (unpaired) electrons. The maximum Gasteiger partial charge on any atom is 0.0746 e. The minimum atomic E-state index is 0.937. The number of pyridine rings is 2. The molecule has 9 rings (SSSR count). The topological polar surface area (TPSA) is 35.6 Å². The zero-order valence-corrected chi connectivity index (χ0v) is 23.8. The number of para-hydroxylation sites is 2. The lowest BCUT2D eigenvalue weighted by Crippen LogP contribution is -1.95. The lowest BCUT2D eigenvalue weighted by atomic mass is 9.98. The average Bonchev–Trinajstić information content (AvgIpc) is 3.68. The molecule has 0 aliphatic heterocycles. The van der Waals surface area contributed by atoms with Gasteiger partial charge in [0, 0.05) is 57.1 Å². The summed E-state index contributed by atoms with van der Waals surface area (Å²) in [7, 11) is 0. The molecule has 4 aromatic heterocycles. The van der Waals surface area contributed by atoms with Gasteiger partial charge in [-0.3, -0.25) is 4.98 Å². The second-order valence-electron chi connectivity index (χ2n) is 11.1. The summed E-state index contributed by atoms with van der Waals surface area (Å²) in [4.78, 5) is 9.53. The van der Waals surface area contributed by atoms with E-state index in [0.717, 1.165) is 44.7 Å². The molecule has 0 amide bonds. The highest BCUT2D eigenvalue weighted by Gasteiger charge is 2.18. The van der Waals surface area contributed by atoms with Crippen molar-refractivity contribution in [3.8, 4) is 33.8 Å². The van der Waals surface area contributed by atoms with E-state index >= 15 is 0 Å². The number of rotatable bonds is 4. The van der Waals surface area contributed by atoms with Gasteiger partial charge in [-0.15, -0.1) is 0 Å². The number of hydrogen-bond acceptors (Lipinski definition) is 2. The summed E-state index contributed by atoms with van der Waals surface area (Å²) in [5.74, 6) is 0. The molecule has 4 heteroatoms. The molecule has 9 aromatic rings. The van der Waals surface area contributed by atoms with Crippen LogP contribution in [-0.2, 0) is 0 Å². The van der Waals surface area contributed by atoms with Crippen LogP contribution in [0.2, 0.25) is 0 Å². The zero-order valence-electron chi connectivity index (χ0n) is 23.8. The largest absolute Gasteiger partial charge is 0.316 e. The molecule has 5 aromatic carbocycles. The monoisotopic (exact) mass is 562 g/mol. The van der Waals surface area contributed by atoms with Gasteiger partial charge in [-0.25, -0.2) is 4.98 Å². The molecule has 0 spiro atoms. The maximum atomic E-state index is 5.12. The number of fused-ring (bicyclic) bond motifs is 6. The average molecular weight is 563 g/mol. The summed E-state index contributed by atoms with van der Waals surface area (Å²) in [5.41, 5.74) is 11.1. The molecule has 4 nitrogen and oxygen atoms in total. The summed E-state index contributed by atoms with van der Waals surface area (Å²) < 4.78 is 4.67. The molecule has 206 valence electrons. The minimum Gasteiger partial charge on any atom is -0.316 e. The van der Waals surface area contributed by atoms with Crippen molar-refractivity contribution < 1.29 is 0 Å². The Morgan fingerprint density at radius 3 is 2.02 bits per heavy atom. The lowest BCUT2D eigenvalue weighted by Gasteiger charge is -2.11. The van der Waals surface area contributed by atoms with E-state index in [-0.39, 0.29) is 0 Å². The molecule has 0 fully saturated rings. The summed E-state index contributed by atoms with van der Waals surface area (Å²) >= 11 is 0. The first-order chi connectivity index (χ1) is 21.8. The van der Waals surface area contributed by atoms with Crippen molar-refractivity contribution in [1.29, 1.82) is 0 Å². The maximum absolute atomic E-state index is 5.12. The van der Waals surface area contributed by atoms with Crippen molar-refractivity contribution in [2.75, 3.05) is 0 Å². The molecule has 4 heterocycles. The third kappa shape index (κ3) is 3.78. The Morgan fingerprint density at radius 2 is 1.23 bits per heavy atom. The standard InChI is InChI=1S/C40H26N4/c1-4-10-27(11-5-1)33-25-37(42-36-20-22-41-26-35(33)36)28-16-18-39-34(24-28)31-17-19-38-32(21-23-43(38)29-12-6-2-7-13-29)40(31)44(39)30-14-8-3-9-15-30/h1-26H. The molecule has 0 N–H and O–H groups in total. The molecule has 0 unspecified atom stereocenters. The second-order valence-corrected chi connectivity index (χ2v) is 11.1. The van der Waals surface area contributed by atoms with Gasteiger partial charge in [0.2, 0.25) is 0 Å². The van der Waals surface area contributed by atoms with Gasteiger partial charge in [-0.2, -0.15) is 0 Å². The van der Waals surface area contributed by atoms with Crippen LogP contribution in [-0.4, -0.2) is 19.1 Å². The zero-order chi connectivity index (χ0) is 29.0. The van der Waals surface area contributed by atoms with Crippen molar-refractivity contribution >= 4 is 43.6 Å². The Morgan fingerprint density at radius 1 is 0.500 bits per heavy atom. The van der Waals surface area contributed by atoms with E-state index in [1.54, 1.807) is 0 Å². The second kappa shape index (κ2) is 9.79. The van der Waals surface area contributed by atoms with Crippen LogP contribution in [0.5, 0.6) is 0 Å². The molecule has 0 saturated carbocycles. The van der Waals surface area contributed by atoms with Gasteiger partial charge in [-0.05, 0) is 71.8 Å². The lowest BCUT2D eigenvalue weighted by molar-refractivity contribution is 1.13. The Bertz CT molecular complexity index is 2470. The van der Waals surface area contributed by atoms with Crippen LogP contribution in [0.25, 0.3) is 77.4 Å². The van der Waals surface area contributed by atoms with Gasteiger partial charge in [0.15, 0.2) is 0 Å². The van der Waals surface area contributed by atoms with E-state index in [2.05, 4.69) is 148 Å². The van der Waals surface area contributed by atoms with Crippen LogP contribution in [0, 0.1) is 0 Å². The third-order valence-corrected chi connectivity index (χ3v) is 8.63. The van der Waals surface area contributed by atoms with Gasteiger partial charge in [0.05, 0.1) is 27.8 Å². The SMILES string of the molecule is c1ccc(-c2cc(-c3ccc4c(c3)c3ccc5c(ccn5-c5ccccc5)c3n4-c3ccccc3)nc3ccncc23)cc1. The minimum absolute atomic E-state index is 0.937. The summed E-state index contributed by atoms with van der Waals surface area (Å²) in [6.45, 7) is 0. The van der Waals surface area contributed by atoms with Gasteiger partial charge in [0.1, 0.15) is 0 Å². The van der Waals surface area contributed by atoms with Crippen molar-refractivity contribution in [3.05, 3.63) is 158 Å². The van der Waals surface area contributed by atoms with Crippen molar-refractivity contribution in [3.63, 3.8) is 0 Å². The Kier molecular flexibility index (Phi) is 5.47. The van der Waals surface area contributed by atoms with E-state index in [9.17, 15) is 0 Å². The van der Waals surface area contributed by atoms with E-state index in [1.165, 1.54) is 32.7 Å². The normalized spacial score (nSPS) is 11.6. The molecule has 0 aliphatic carbocycles. The number of hydrogen-bond donors (Lipinski definition) is 0. The highest BCUT2D eigenvalue weighted by Crippen LogP contribution is 2.40. The third-order valence-electron chi connectivity index (χ3n) is 8.63. The predicted octanol–water partition coefficient (Wildman–Crippen LogP) is 10.0. The highest BCUT2D eigenvalue weighted by molar-refractivity contribution is 6.19. The smallest absolute Gasteiger partial charge is 0.0746 e. The van der Waals surface area contributed by atoms with Gasteiger partial charge in [0.25, 0.3) is 0 Å². The fraction of sp³-hybridized carbons (Fsp3) is 0. The van der Waals surface area contributed by atoms with Gasteiger partial charge < -0.3 is 9.13 Å². The van der Waals surface area contributed by atoms with Crippen LogP contribution >= 0.6 is 0 Å². The van der Waals surface area contributed by atoms with Crippen LogP contribution in [0.1, 0.15) is 0 Å². The fourth-order valence-electron chi connectivity index (χ4n) is 6.62. The molecule has 0 atom stereocenters. The molecule has 0 bridgehead atoms. The van der Waals surface area contributed by atoms with Crippen LogP contribution in [0.15, 0.2) is 158 Å². The fourth-order valence-corrected chi connectivity index (χ4v) is 6.62. The number of benzene rings is 5. The Hall–Kier alpha value is -6.00. The first-order valence-corrected chi connectivity index (χ1v) is 14.8. The van der Waals surface area contributed by atoms with E-state index < -0.39 is 0 Å². The van der Waals surface area contributed by atoms with E-state index in [1.807, 2.05) is 24.5 Å². The molecule has 44 heavy (non-hydrogen) atoms. The van der Waals surface area contributed by atoms with Crippen molar-refractivity contribution in [1.82, 2.24) is 19.1 Å². The highest BCUT2D eigenvalue weighted by atomic mass is 15.0. The van der Waals surface area contributed by atoms with Crippen molar-refractivity contribution in [2.45, 2.75) is 0 Å². The molecule has 0 aliphatic rings. The quantitative estimate of drug-likeness (QED) is 0.214. The first kappa shape index (κ1) is 24.6. The number of aromatic nitrogens is 4. The van der Waals surface area contributed by atoms with Crippen LogP contribution < -0.4 is 0 Å². The first-order valence-electron chi connectivity index (χ1n) is 14.8. The van der Waals surface area contributed by atoms with Crippen LogP contribution in [0.3, 0.4) is 0 Å². The number of nitrogens with zero attached hydrogens (tertiary/aromatic N) is 4. The Labute approximate surface area is 254 Å². The van der Waals surface area contributed by atoms with Gasteiger partial charge >= 0.3 is 0 Å². The molecule has 0 saturated heterocycles. The van der Waals surface area contributed by atoms with Crippen molar-refractivity contribution in [2.24, 2.45) is 0 Å².